The average Bonchev–Trinajstić information content (AvgIpc) is 2.56. The van der Waals surface area contributed by atoms with Gasteiger partial charge in [0.05, 0.1) is 19.1 Å². The smallest absolute Gasteiger partial charge is 0.328 e. The average molecular weight is 392 g/mol. The van der Waals surface area contributed by atoms with Crippen LogP contribution in [0.15, 0.2) is 0 Å². The summed E-state index contributed by atoms with van der Waals surface area (Å²) < 4.78 is 0. The number of hydrazine groups is 1. The summed E-state index contributed by atoms with van der Waals surface area (Å²) in [6.07, 6.45) is -2.11. The second-order valence-electron chi connectivity index (χ2n) is 5.56. The van der Waals surface area contributed by atoms with Crippen LogP contribution in [0.3, 0.4) is 0 Å². The van der Waals surface area contributed by atoms with Gasteiger partial charge >= 0.3 is 12.0 Å². The van der Waals surface area contributed by atoms with E-state index in [0.717, 1.165) is 14.0 Å². The summed E-state index contributed by atoms with van der Waals surface area (Å²) in [7, 11) is 1.09. The van der Waals surface area contributed by atoms with Gasteiger partial charge in [-0.2, -0.15) is 0 Å². The lowest BCUT2D eigenvalue weighted by molar-refractivity contribution is -0.143. The molecular weight excluding hydrogens is 368 g/mol. The molecule has 0 aromatic heterocycles. The number of carboxylic acid groups (broad SMARTS) is 1. The quantitative estimate of drug-likeness (QED) is 0.175. The van der Waals surface area contributed by atoms with Gasteiger partial charge in [-0.25, -0.2) is 9.59 Å². The van der Waals surface area contributed by atoms with Crippen molar-refractivity contribution in [1.82, 2.24) is 21.1 Å². The molecule has 14 nitrogen and oxygen atoms in total. The first kappa shape index (κ1) is 24.0. The van der Waals surface area contributed by atoms with E-state index in [-0.39, 0.29) is 0 Å². The molecule has 0 saturated heterocycles. The van der Waals surface area contributed by atoms with Crippen LogP contribution >= 0.6 is 0 Å². The van der Waals surface area contributed by atoms with Crippen molar-refractivity contribution in [1.29, 1.82) is 0 Å². The standard InChI is InChI=1S/C13H24N6O8/c1-5(21)9(12(25)26)17-13(27)16-7(3-8(15)22)11(24)19(2)18-10(23)6(14)4-20/h5-7,9,20-21H,3-4,14H2,1-2H3,(H2,15,22)(H,18,23)(H,25,26)(H2,16,17,27)/t5?,6-,7-,9-/m0/s1. The topological polar surface area (TPSA) is 237 Å². The van der Waals surface area contributed by atoms with E-state index < -0.39 is 67.0 Å². The number of aliphatic hydroxyl groups is 2. The second kappa shape index (κ2) is 10.9. The molecule has 0 bridgehead atoms. The van der Waals surface area contributed by atoms with Crippen molar-refractivity contribution in [2.24, 2.45) is 11.5 Å². The van der Waals surface area contributed by atoms with Crippen LogP contribution in [0.2, 0.25) is 0 Å². The van der Waals surface area contributed by atoms with Crippen LogP contribution in [-0.2, 0) is 19.2 Å². The number of hydrogen-bond donors (Lipinski definition) is 8. The number of nitrogens with zero attached hydrogens (tertiary/aromatic N) is 1. The molecule has 0 aliphatic heterocycles. The fourth-order valence-corrected chi connectivity index (χ4v) is 1.75. The molecule has 0 aromatic rings. The van der Waals surface area contributed by atoms with Crippen molar-refractivity contribution in [2.45, 2.75) is 37.6 Å². The van der Waals surface area contributed by atoms with Crippen molar-refractivity contribution in [3.05, 3.63) is 0 Å². The summed E-state index contributed by atoms with van der Waals surface area (Å²) in [5, 5.41) is 31.6. The molecule has 0 saturated carbocycles. The van der Waals surface area contributed by atoms with Crippen LogP contribution in [0.1, 0.15) is 13.3 Å². The van der Waals surface area contributed by atoms with Crippen LogP contribution in [0.4, 0.5) is 4.79 Å². The Hall–Kier alpha value is -2.97. The van der Waals surface area contributed by atoms with E-state index in [1.807, 2.05) is 16.1 Å². The molecule has 0 radical (unpaired) electrons. The Morgan fingerprint density at radius 1 is 1.15 bits per heavy atom. The van der Waals surface area contributed by atoms with Gasteiger partial charge in [-0.05, 0) is 6.92 Å². The van der Waals surface area contributed by atoms with Crippen LogP contribution in [-0.4, -0.2) is 87.9 Å². The number of carbonyl (C=O) groups is 5. The first-order valence-corrected chi connectivity index (χ1v) is 7.61. The van der Waals surface area contributed by atoms with Crippen LogP contribution < -0.4 is 27.5 Å². The van der Waals surface area contributed by atoms with Gasteiger partial charge in [0.2, 0.25) is 5.91 Å². The molecule has 27 heavy (non-hydrogen) atoms. The maximum absolute atomic E-state index is 12.3. The number of amides is 5. The summed E-state index contributed by atoms with van der Waals surface area (Å²) in [6.45, 7) is 0.438. The number of nitrogens with one attached hydrogen (secondary N) is 3. The van der Waals surface area contributed by atoms with E-state index >= 15 is 0 Å². The maximum atomic E-state index is 12.3. The summed E-state index contributed by atoms with van der Waals surface area (Å²) in [6, 6.07) is -5.71. The summed E-state index contributed by atoms with van der Waals surface area (Å²) >= 11 is 0. The number of primary amides is 1. The van der Waals surface area contributed by atoms with E-state index in [1.54, 1.807) is 0 Å². The van der Waals surface area contributed by atoms with Crippen molar-refractivity contribution in [2.75, 3.05) is 13.7 Å². The monoisotopic (exact) mass is 392 g/mol. The lowest BCUT2D eigenvalue weighted by atomic mass is 10.1. The lowest BCUT2D eigenvalue weighted by Gasteiger charge is -2.26. The Morgan fingerprint density at radius 3 is 2.11 bits per heavy atom. The number of rotatable bonds is 9. The molecule has 10 N–H and O–H groups in total. The zero-order valence-corrected chi connectivity index (χ0v) is 14.7. The van der Waals surface area contributed by atoms with Gasteiger partial charge in [0.1, 0.15) is 12.1 Å². The number of carbonyl (C=O) groups excluding carboxylic acids is 4. The van der Waals surface area contributed by atoms with Gasteiger partial charge in [-0.3, -0.25) is 24.8 Å². The molecule has 0 aliphatic rings. The summed E-state index contributed by atoms with van der Waals surface area (Å²) in [5.74, 6) is -4.38. The Kier molecular flexibility index (Phi) is 9.70. The van der Waals surface area contributed by atoms with Crippen molar-refractivity contribution < 1.29 is 39.3 Å². The largest absolute Gasteiger partial charge is 0.480 e. The van der Waals surface area contributed by atoms with Gasteiger partial charge in [-0.15, -0.1) is 0 Å². The van der Waals surface area contributed by atoms with E-state index in [1.165, 1.54) is 0 Å². The molecule has 0 aromatic carbocycles. The van der Waals surface area contributed by atoms with Crippen LogP contribution in [0.25, 0.3) is 0 Å². The Bertz CT molecular complexity index is 583. The third-order valence-electron chi connectivity index (χ3n) is 3.19. The molecule has 0 aliphatic carbocycles. The van der Waals surface area contributed by atoms with E-state index in [4.69, 9.17) is 21.7 Å². The molecule has 14 heteroatoms. The van der Waals surface area contributed by atoms with E-state index in [0.29, 0.717) is 5.01 Å². The summed E-state index contributed by atoms with van der Waals surface area (Å²) in [5.41, 5.74) is 12.3. The number of aliphatic hydroxyl groups excluding tert-OH is 2. The first-order chi connectivity index (χ1) is 12.4. The number of likely N-dealkylation sites (N-methyl/N-ethyl adjacent to an activating group) is 1. The SMILES string of the molecule is CC(O)[C@H](NC(=O)N[C@@H](CC(N)=O)C(=O)N(C)NC(=O)[C@@H](N)CO)C(=O)O. The van der Waals surface area contributed by atoms with E-state index in [9.17, 15) is 29.1 Å². The molecule has 0 heterocycles. The zero-order valence-electron chi connectivity index (χ0n) is 14.7. The Morgan fingerprint density at radius 2 is 1.70 bits per heavy atom. The number of aliphatic carboxylic acids is 1. The highest BCUT2D eigenvalue weighted by Gasteiger charge is 2.30. The molecule has 1 unspecified atom stereocenters. The Labute approximate surface area is 153 Å². The molecule has 4 atom stereocenters. The molecule has 0 spiro atoms. The first-order valence-electron chi connectivity index (χ1n) is 7.61. The van der Waals surface area contributed by atoms with Gasteiger partial charge in [0.25, 0.3) is 11.8 Å². The van der Waals surface area contributed by atoms with Crippen molar-refractivity contribution in [3.63, 3.8) is 0 Å². The fourth-order valence-electron chi connectivity index (χ4n) is 1.75. The van der Waals surface area contributed by atoms with Gasteiger partial charge < -0.3 is 37.4 Å². The normalized spacial score (nSPS) is 14.9. The number of nitrogens with two attached hydrogens (primary N) is 2. The third-order valence-corrected chi connectivity index (χ3v) is 3.19. The maximum Gasteiger partial charge on any atom is 0.328 e. The van der Waals surface area contributed by atoms with Crippen LogP contribution in [0.5, 0.6) is 0 Å². The van der Waals surface area contributed by atoms with Gasteiger partial charge in [-0.1, -0.05) is 0 Å². The minimum atomic E-state index is -1.67. The molecule has 154 valence electrons. The number of urea groups is 1. The van der Waals surface area contributed by atoms with Crippen molar-refractivity contribution >= 4 is 29.7 Å². The predicted molar refractivity (Wildman–Crippen MR) is 88.3 cm³/mol. The van der Waals surface area contributed by atoms with Gasteiger partial charge in [0.15, 0.2) is 6.04 Å². The lowest BCUT2D eigenvalue weighted by Crippen LogP contribution is -2.59. The zero-order chi connectivity index (χ0) is 21.3. The van der Waals surface area contributed by atoms with Crippen LogP contribution in [0, 0.1) is 0 Å². The number of carboxylic acids is 1. The third kappa shape index (κ3) is 8.30. The van der Waals surface area contributed by atoms with E-state index in [2.05, 4.69) is 0 Å². The Balaban J connectivity index is 5.12. The number of hydrogen-bond acceptors (Lipinski definition) is 8. The molecule has 0 fully saturated rings. The highest BCUT2D eigenvalue weighted by molar-refractivity contribution is 5.93. The molecule has 5 amide bonds. The summed E-state index contributed by atoms with van der Waals surface area (Å²) in [4.78, 5) is 57.9. The van der Waals surface area contributed by atoms with Gasteiger partial charge in [0, 0.05) is 7.05 Å². The fraction of sp³-hybridized carbons (Fsp3) is 0.615. The minimum Gasteiger partial charge on any atom is -0.480 e. The highest BCUT2D eigenvalue weighted by Crippen LogP contribution is 1.99. The molecule has 0 rings (SSSR count). The minimum absolute atomic E-state index is 0.620. The highest BCUT2D eigenvalue weighted by atomic mass is 16.4. The molecular formula is C13H24N6O8. The second-order valence-corrected chi connectivity index (χ2v) is 5.56. The predicted octanol–water partition coefficient (Wildman–Crippen LogP) is -4.83. The van der Waals surface area contributed by atoms with Crippen molar-refractivity contribution in [3.8, 4) is 0 Å².